The molecule has 4 heterocycles. The maximum Gasteiger partial charge on any atom is 0.280 e. The van der Waals surface area contributed by atoms with Gasteiger partial charge in [0.2, 0.25) is 5.95 Å². The Bertz CT molecular complexity index is 772. The Hall–Kier alpha value is -2.01. The van der Waals surface area contributed by atoms with E-state index in [1.165, 1.54) is 10.9 Å². The zero-order chi connectivity index (χ0) is 14.8. The molecule has 112 valence electrons. The van der Waals surface area contributed by atoms with Gasteiger partial charge in [-0.1, -0.05) is 0 Å². The Labute approximate surface area is 117 Å². The summed E-state index contributed by atoms with van der Waals surface area (Å²) in [5, 5.41) is 19.6. The maximum absolute atomic E-state index is 11.8. The third-order valence-electron chi connectivity index (χ3n) is 4.00. The molecule has 2 bridgehead atoms. The molecule has 2 aliphatic rings. The van der Waals surface area contributed by atoms with Crippen molar-refractivity contribution in [3.05, 3.63) is 16.7 Å². The predicted molar refractivity (Wildman–Crippen MR) is 68.2 cm³/mol. The summed E-state index contributed by atoms with van der Waals surface area (Å²) in [4.78, 5) is 22.1. The lowest BCUT2D eigenvalue weighted by Gasteiger charge is -2.29. The number of nitrogens with one attached hydrogen (secondary N) is 1. The largest absolute Gasteiger partial charge is 0.393 e. The Morgan fingerprint density at radius 1 is 1.62 bits per heavy atom. The third kappa shape index (κ3) is 1.52. The number of imidazole rings is 1. The average molecular weight is 295 g/mol. The quantitative estimate of drug-likeness (QED) is 0.484. The van der Waals surface area contributed by atoms with Gasteiger partial charge in [0, 0.05) is 0 Å². The summed E-state index contributed by atoms with van der Waals surface area (Å²) in [5.74, 6) is -0.0456. The van der Waals surface area contributed by atoms with Crippen molar-refractivity contribution >= 4 is 17.1 Å². The van der Waals surface area contributed by atoms with E-state index in [-0.39, 0.29) is 30.3 Å². The molecule has 10 heteroatoms. The van der Waals surface area contributed by atoms with Crippen LogP contribution in [0.2, 0.25) is 0 Å². The number of fused-ring (bicyclic) bond motifs is 3. The van der Waals surface area contributed by atoms with Gasteiger partial charge in [0.1, 0.15) is 17.8 Å². The van der Waals surface area contributed by atoms with Crippen LogP contribution in [0.1, 0.15) is 6.23 Å². The number of hydrogen-bond acceptors (Lipinski definition) is 8. The van der Waals surface area contributed by atoms with Crippen LogP contribution in [0.25, 0.3) is 11.2 Å². The van der Waals surface area contributed by atoms with Crippen LogP contribution in [0.4, 0.5) is 5.95 Å². The smallest absolute Gasteiger partial charge is 0.280 e. The lowest BCUT2D eigenvalue weighted by atomic mass is 10.0. The number of aromatic nitrogens is 4. The second kappa shape index (κ2) is 4.01. The normalized spacial score (nSPS) is 34.9. The second-order valence-corrected chi connectivity index (χ2v) is 5.23. The number of aliphatic hydroxyl groups is 2. The molecule has 0 unspecified atom stereocenters. The van der Waals surface area contributed by atoms with E-state index in [0.29, 0.717) is 0 Å². The standard InChI is InChI=1S/C11H13N5O5/c12-10-14-7-4(8(19)15-10)13-3-16(7)9-5-6(18)11(1-17,21-9)2-20-5/h3,5-6,9,17-18H,1-2H2,(H3,12,14,15,19)/t5-,6+,9+,11+/m0/s1. The van der Waals surface area contributed by atoms with E-state index in [0.717, 1.165) is 0 Å². The highest BCUT2D eigenvalue weighted by atomic mass is 16.7. The monoisotopic (exact) mass is 295 g/mol. The van der Waals surface area contributed by atoms with Gasteiger partial charge in [0.15, 0.2) is 17.4 Å². The highest BCUT2D eigenvalue weighted by molar-refractivity contribution is 5.70. The number of ether oxygens (including phenoxy) is 2. The van der Waals surface area contributed by atoms with Crippen molar-refractivity contribution < 1.29 is 19.7 Å². The van der Waals surface area contributed by atoms with E-state index in [1.54, 1.807) is 0 Å². The van der Waals surface area contributed by atoms with Gasteiger partial charge in [-0.3, -0.25) is 14.3 Å². The molecule has 2 fully saturated rings. The van der Waals surface area contributed by atoms with Gasteiger partial charge in [0.25, 0.3) is 5.56 Å². The van der Waals surface area contributed by atoms with Gasteiger partial charge >= 0.3 is 0 Å². The van der Waals surface area contributed by atoms with Crippen molar-refractivity contribution in [3.63, 3.8) is 0 Å². The van der Waals surface area contributed by atoms with Crippen LogP contribution in [0.5, 0.6) is 0 Å². The van der Waals surface area contributed by atoms with Gasteiger partial charge in [-0.25, -0.2) is 4.98 Å². The van der Waals surface area contributed by atoms with Gasteiger partial charge in [-0.05, 0) is 0 Å². The molecular formula is C11H13N5O5. The number of nitrogen functional groups attached to an aromatic ring is 1. The van der Waals surface area contributed by atoms with Gasteiger partial charge in [-0.2, -0.15) is 4.98 Å². The molecule has 4 atom stereocenters. The first-order valence-corrected chi connectivity index (χ1v) is 6.36. The SMILES string of the molecule is Nc1nc2c(ncn2[C@@H]2O[C@]3(CO)CO[C@H]2[C@H]3O)c(=O)[nH]1. The van der Waals surface area contributed by atoms with Crippen molar-refractivity contribution in [1.29, 1.82) is 0 Å². The van der Waals surface area contributed by atoms with Crippen LogP contribution in [-0.2, 0) is 9.47 Å². The van der Waals surface area contributed by atoms with Gasteiger partial charge in [-0.15, -0.1) is 0 Å². The summed E-state index contributed by atoms with van der Waals surface area (Å²) >= 11 is 0. The summed E-state index contributed by atoms with van der Waals surface area (Å²) in [7, 11) is 0. The summed E-state index contributed by atoms with van der Waals surface area (Å²) in [6.07, 6.45) is -1.00. The highest BCUT2D eigenvalue weighted by Gasteiger charge is 2.61. The fourth-order valence-electron chi connectivity index (χ4n) is 2.88. The first-order valence-electron chi connectivity index (χ1n) is 6.36. The zero-order valence-electron chi connectivity index (χ0n) is 10.8. The zero-order valence-corrected chi connectivity index (χ0v) is 10.8. The molecule has 0 saturated carbocycles. The van der Waals surface area contributed by atoms with Crippen LogP contribution in [0.3, 0.4) is 0 Å². The minimum atomic E-state index is -1.15. The number of nitrogens with zero attached hydrogens (tertiary/aromatic N) is 3. The lowest BCUT2D eigenvalue weighted by molar-refractivity contribution is -0.185. The molecule has 21 heavy (non-hydrogen) atoms. The summed E-state index contributed by atoms with van der Waals surface area (Å²) in [6, 6.07) is 0. The van der Waals surface area contributed by atoms with E-state index in [9.17, 15) is 15.0 Å². The molecule has 2 aliphatic heterocycles. The highest BCUT2D eigenvalue weighted by Crippen LogP contribution is 2.45. The van der Waals surface area contributed by atoms with Crippen molar-refractivity contribution in [2.75, 3.05) is 18.9 Å². The molecule has 4 rings (SSSR count). The number of aromatic amines is 1. The van der Waals surface area contributed by atoms with Gasteiger partial charge < -0.3 is 25.4 Å². The Morgan fingerprint density at radius 3 is 3.14 bits per heavy atom. The molecule has 0 amide bonds. The fourth-order valence-corrected chi connectivity index (χ4v) is 2.88. The topological polar surface area (TPSA) is 149 Å². The summed E-state index contributed by atoms with van der Waals surface area (Å²) in [5.41, 5.74) is 4.27. The fraction of sp³-hybridized carbons (Fsp3) is 0.545. The van der Waals surface area contributed by atoms with E-state index in [2.05, 4.69) is 15.0 Å². The predicted octanol–water partition coefficient (Wildman–Crippen LogP) is -2.28. The molecule has 0 spiro atoms. The lowest BCUT2D eigenvalue weighted by Crippen LogP contribution is -2.44. The minimum absolute atomic E-state index is 0.0456. The van der Waals surface area contributed by atoms with E-state index in [4.69, 9.17) is 15.2 Å². The van der Waals surface area contributed by atoms with E-state index < -0.39 is 29.6 Å². The molecular weight excluding hydrogens is 282 g/mol. The van der Waals surface area contributed by atoms with Crippen molar-refractivity contribution in [1.82, 2.24) is 19.5 Å². The van der Waals surface area contributed by atoms with Crippen LogP contribution in [0, 0.1) is 0 Å². The summed E-state index contributed by atoms with van der Waals surface area (Å²) < 4.78 is 12.7. The Morgan fingerprint density at radius 2 is 2.43 bits per heavy atom. The number of hydrogen-bond donors (Lipinski definition) is 4. The number of aliphatic hydroxyl groups excluding tert-OH is 2. The molecule has 5 N–H and O–H groups in total. The van der Waals surface area contributed by atoms with E-state index >= 15 is 0 Å². The first kappa shape index (κ1) is 12.7. The average Bonchev–Trinajstić information content (AvgIpc) is 3.09. The Balaban J connectivity index is 1.84. The molecule has 2 aromatic heterocycles. The molecule has 0 aromatic carbocycles. The first-order chi connectivity index (χ1) is 10.1. The van der Waals surface area contributed by atoms with Crippen LogP contribution in [0.15, 0.2) is 11.1 Å². The molecule has 2 aromatic rings. The molecule has 0 radical (unpaired) electrons. The number of H-pyrrole nitrogens is 1. The molecule has 10 nitrogen and oxygen atoms in total. The van der Waals surface area contributed by atoms with Gasteiger partial charge in [0.05, 0.1) is 19.5 Å². The molecule has 0 aliphatic carbocycles. The maximum atomic E-state index is 11.8. The number of rotatable bonds is 2. The third-order valence-corrected chi connectivity index (χ3v) is 4.00. The van der Waals surface area contributed by atoms with Crippen LogP contribution in [-0.4, -0.2) is 60.8 Å². The second-order valence-electron chi connectivity index (χ2n) is 5.23. The van der Waals surface area contributed by atoms with Crippen molar-refractivity contribution in [2.24, 2.45) is 0 Å². The minimum Gasteiger partial charge on any atom is -0.393 e. The van der Waals surface area contributed by atoms with Crippen molar-refractivity contribution in [2.45, 2.75) is 24.0 Å². The van der Waals surface area contributed by atoms with Crippen molar-refractivity contribution in [3.8, 4) is 0 Å². The number of anilines is 1. The van der Waals surface area contributed by atoms with Crippen LogP contribution < -0.4 is 11.3 Å². The van der Waals surface area contributed by atoms with E-state index in [1.807, 2.05) is 0 Å². The molecule has 2 saturated heterocycles. The Kier molecular flexibility index (Phi) is 2.43. The van der Waals surface area contributed by atoms with Crippen LogP contribution >= 0.6 is 0 Å². The summed E-state index contributed by atoms with van der Waals surface area (Å²) in [6.45, 7) is -0.265. The number of nitrogens with two attached hydrogens (primary N) is 1.